The molecule has 162 valence electrons. The Morgan fingerprint density at radius 2 is 1.59 bits per heavy atom. The van der Waals surface area contributed by atoms with E-state index in [0.29, 0.717) is 15.7 Å². The molecule has 0 spiro atoms. The van der Waals surface area contributed by atoms with Crippen LogP contribution in [-0.2, 0) is 9.59 Å². The predicted octanol–water partition coefficient (Wildman–Crippen LogP) is 5.17. The fraction of sp³-hybridized carbons (Fsp3) is 0. The van der Waals surface area contributed by atoms with Gasteiger partial charge in [0.15, 0.2) is 0 Å². The van der Waals surface area contributed by atoms with E-state index in [1.54, 1.807) is 66.7 Å². The van der Waals surface area contributed by atoms with E-state index in [-0.39, 0.29) is 16.3 Å². The highest BCUT2D eigenvalue weighted by Crippen LogP contribution is 2.24. The number of nitrogens with zero attached hydrogens (tertiary/aromatic N) is 1. The van der Waals surface area contributed by atoms with Crippen LogP contribution in [0, 0.1) is 0 Å². The van der Waals surface area contributed by atoms with Crippen molar-refractivity contribution in [1.29, 1.82) is 0 Å². The maximum atomic E-state index is 12.4. The second-order valence-electron chi connectivity index (χ2n) is 6.21. The van der Waals surface area contributed by atoms with E-state index in [0.717, 1.165) is 4.47 Å². The Balaban J connectivity index is 1.67. The molecule has 0 unspecified atom stereocenters. The first-order valence-corrected chi connectivity index (χ1v) is 11.0. The number of carbonyl (C=O) groups is 3. The van der Waals surface area contributed by atoms with E-state index in [9.17, 15) is 14.4 Å². The molecule has 2 amide bonds. The first-order chi connectivity index (χ1) is 15.3. The topological polar surface area (TPSA) is 96.9 Å². The van der Waals surface area contributed by atoms with Crippen molar-refractivity contribution in [2.45, 2.75) is 0 Å². The standard InChI is InChI=1S/C22H14Br2ClN3O4/c23-14-5-8-16(9-6-14)27-20(29)21(30)28-26-12-13-11-15(24)7-10-19(13)32-22(31)17-3-1-2-4-18(17)25/h1-12H,(H,27,29)(H,28,30). The zero-order chi connectivity index (χ0) is 23.1. The molecule has 0 saturated heterocycles. The number of benzene rings is 3. The summed E-state index contributed by atoms with van der Waals surface area (Å²) in [6.07, 6.45) is 1.25. The van der Waals surface area contributed by atoms with E-state index in [4.69, 9.17) is 16.3 Å². The second-order valence-corrected chi connectivity index (χ2v) is 8.45. The van der Waals surface area contributed by atoms with E-state index >= 15 is 0 Å². The van der Waals surface area contributed by atoms with Crippen molar-refractivity contribution in [3.63, 3.8) is 0 Å². The lowest BCUT2D eigenvalue weighted by Crippen LogP contribution is -2.32. The van der Waals surface area contributed by atoms with Gasteiger partial charge in [-0.2, -0.15) is 5.10 Å². The van der Waals surface area contributed by atoms with Crippen LogP contribution >= 0.6 is 43.5 Å². The Morgan fingerprint density at radius 1 is 0.906 bits per heavy atom. The molecule has 10 heteroatoms. The fourth-order valence-electron chi connectivity index (χ4n) is 2.43. The number of hydrazone groups is 1. The molecule has 0 radical (unpaired) electrons. The number of ether oxygens (including phenoxy) is 1. The number of rotatable bonds is 5. The Hall–Kier alpha value is -3.01. The van der Waals surface area contributed by atoms with Gasteiger partial charge in [-0.1, -0.05) is 55.6 Å². The number of carbonyl (C=O) groups excluding carboxylic acids is 3. The normalized spacial score (nSPS) is 10.6. The van der Waals surface area contributed by atoms with Crippen molar-refractivity contribution >= 4 is 73.1 Å². The van der Waals surface area contributed by atoms with Crippen LogP contribution in [-0.4, -0.2) is 24.0 Å². The first kappa shape index (κ1) is 23.6. The number of halogens is 3. The average Bonchev–Trinajstić information content (AvgIpc) is 2.77. The van der Waals surface area contributed by atoms with Crippen LogP contribution < -0.4 is 15.5 Å². The molecule has 0 fully saturated rings. The maximum Gasteiger partial charge on any atom is 0.345 e. The summed E-state index contributed by atoms with van der Waals surface area (Å²) in [6, 6.07) is 18.1. The first-order valence-electron chi connectivity index (χ1n) is 8.99. The van der Waals surface area contributed by atoms with E-state index < -0.39 is 17.8 Å². The van der Waals surface area contributed by atoms with Crippen LogP contribution in [0.25, 0.3) is 0 Å². The minimum absolute atomic E-state index is 0.190. The number of hydrogen-bond donors (Lipinski definition) is 2. The Bertz CT molecular complexity index is 1200. The summed E-state index contributed by atoms with van der Waals surface area (Å²) in [6.45, 7) is 0. The highest BCUT2D eigenvalue weighted by molar-refractivity contribution is 9.10. The molecule has 0 aliphatic heterocycles. The highest BCUT2D eigenvalue weighted by atomic mass is 79.9. The molecule has 0 saturated carbocycles. The lowest BCUT2D eigenvalue weighted by molar-refractivity contribution is -0.136. The second kappa shape index (κ2) is 11.0. The number of esters is 1. The van der Waals surface area contributed by atoms with Gasteiger partial charge >= 0.3 is 17.8 Å². The third kappa shape index (κ3) is 6.49. The molecule has 0 atom stereocenters. The number of anilines is 1. The van der Waals surface area contributed by atoms with Gasteiger partial charge < -0.3 is 10.1 Å². The van der Waals surface area contributed by atoms with Crippen molar-refractivity contribution in [2.24, 2.45) is 5.10 Å². The molecule has 3 aromatic carbocycles. The summed E-state index contributed by atoms with van der Waals surface area (Å²) in [5.41, 5.74) is 3.18. The largest absolute Gasteiger partial charge is 0.422 e. The van der Waals surface area contributed by atoms with Crippen molar-refractivity contribution < 1.29 is 19.1 Å². The third-order valence-electron chi connectivity index (χ3n) is 3.95. The molecule has 7 nitrogen and oxygen atoms in total. The highest BCUT2D eigenvalue weighted by Gasteiger charge is 2.15. The molecule has 2 N–H and O–H groups in total. The Kier molecular flexibility index (Phi) is 8.15. The Morgan fingerprint density at radius 3 is 2.31 bits per heavy atom. The number of amides is 2. The monoisotopic (exact) mass is 577 g/mol. The lowest BCUT2D eigenvalue weighted by Gasteiger charge is -2.09. The van der Waals surface area contributed by atoms with Crippen LogP contribution in [0.5, 0.6) is 5.75 Å². The minimum Gasteiger partial charge on any atom is -0.422 e. The average molecular weight is 580 g/mol. The van der Waals surface area contributed by atoms with Gasteiger partial charge in [0.1, 0.15) is 5.75 Å². The predicted molar refractivity (Wildman–Crippen MR) is 129 cm³/mol. The molecule has 0 heterocycles. The van der Waals surface area contributed by atoms with Crippen LogP contribution in [0.2, 0.25) is 5.02 Å². The Labute approximate surface area is 205 Å². The van der Waals surface area contributed by atoms with Crippen molar-refractivity contribution in [3.8, 4) is 5.75 Å². The number of hydrogen-bond acceptors (Lipinski definition) is 5. The van der Waals surface area contributed by atoms with E-state index in [1.807, 2.05) is 0 Å². The molecule has 0 bridgehead atoms. The van der Waals surface area contributed by atoms with Crippen molar-refractivity contribution in [1.82, 2.24) is 5.43 Å². The quantitative estimate of drug-likeness (QED) is 0.143. The van der Waals surface area contributed by atoms with Gasteiger partial charge in [0.25, 0.3) is 0 Å². The summed E-state index contributed by atoms with van der Waals surface area (Å²) in [4.78, 5) is 36.4. The van der Waals surface area contributed by atoms with Crippen molar-refractivity contribution in [2.75, 3.05) is 5.32 Å². The molecule has 0 aliphatic rings. The summed E-state index contributed by atoms with van der Waals surface area (Å²) < 4.78 is 6.96. The molecule has 0 aliphatic carbocycles. The lowest BCUT2D eigenvalue weighted by atomic mass is 10.2. The smallest absolute Gasteiger partial charge is 0.345 e. The fourth-order valence-corrected chi connectivity index (χ4v) is 3.28. The summed E-state index contributed by atoms with van der Waals surface area (Å²) in [5.74, 6) is -2.31. The SMILES string of the molecule is O=C(NN=Cc1cc(Br)ccc1OC(=O)c1ccccc1Cl)C(=O)Nc1ccc(Br)cc1. The number of nitrogens with one attached hydrogen (secondary N) is 2. The molecular formula is C22H14Br2ClN3O4. The van der Waals surface area contributed by atoms with Crippen LogP contribution in [0.3, 0.4) is 0 Å². The molecule has 32 heavy (non-hydrogen) atoms. The van der Waals surface area contributed by atoms with Gasteiger partial charge in [-0.15, -0.1) is 0 Å². The van der Waals surface area contributed by atoms with Crippen LogP contribution in [0.15, 0.2) is 80.8 Å². The van der Waals surface area contributed by atoms with Gasteiger partial charge in [0.2, 0.25) is 0 Å². The van der Waals surface area contributed by atoms with Gasteiger partial charge in [-0.3, -0.25) is 9.59 Å². The summed E-state index contributed by atoms with van der Waals surface area (Å²) >= 11 is 12.7. The van der Waals surface area contributed by atoms with Gasteiger partial charge in [0, 0.05) is 20.2 Å². The molecule has 3 aromatic rings. The maximum absolute atomic E-state index is 12.4. The molecule has 0 aromatic heterocycles. The van der Waals surface area contributed by atoms with Crippen molar-refractivity contribution in [3.05, 3.63) is 91.8 Å². The minimum atomic E-state index is -0.964. The van der Waals surface area contributed by atoms with Crippen LogP contribution in [0.1, 0.15) is 15.9 Å². The van der Waals surface area contributed by atoms with E-state index in [2.05, 4.69) is 47.7 Å². The van der Waals surface area contributed by atoms with Gasteiger partial charge in [-0.05, 0) is 54.6 Å². The summed E-state index contributed by atoms with van der Waals surface area (Å²) in [5, 5.41) is 6.50. The molecule has 3 rings (SSSR count). The zero-order valence-electron chi connectivity index (χ0n) is 16.1. The third-order valence-corrected chi connectivity index (χ3v) is 5.30. The zero-order valence-corrected chi connectivity index (χ0v) is 20.1. The van der Waals surface area contributed by atoms with Gasteiger partial charge in [-0.25, -0.2) is 10.2 Å². The summed E-state index contributed by atoms with van der Waals surface area (Å²) in [7, 11) is 0. The van der Waals surface area contributed by atoms with E-state index in [1.165, 1.54) is 6.21 Å². The van der Waals surface area contributed by atoms with Gasteiger partial charge in [0.05, 0.1) is 16.8 Å². The van der Waals surface area contributed by atoms with Crippen LogP contribution in [0.4, 0.5) is 5.69 Å². The molecular weight excluding hydrogens is 566 g/mol.